The van der Waals surface area contributed by atoms with Crippen molar-refractivity contribution in [1.29, 1.82) is 5.26 Å². The molecule has 1 aliphatic carbocycles. The number of hydrogen-bond donors (Lipinski definition) is 1. The van der Waals surface area contributed by atoms with E-state index in [2.05, 4.69) is 29.1 Å². The number of nitrogens with two attached hydrogens (primary N) is 1. The maximum absolute atomic E-state index is 9.11. The highest BCUT2D eigenvalue weighted by atomic mass is 35.5. The number of benzene rings is 1. The first-order valence-corrected chi connectivity index (χ1v) is 11.3. The van der Waals surface area contributed by atoms with Crippen LogP contribution in [0.5, 0.6) is 0 Å². The molecule has 1 heterocycles. The summed E-state index contributed by atoms with van der Waals surface area (Å²) in [4.78, 5) is 8.63. The molecule has 2 unspecified atom stereocenters. The largest absolute Gasteiger partial charge is 0.327 e. The predicted octanol–water partition coefficient (Wildman–Crippen LogP) is 5.66. The van der Waals surface area contributed by atoms with Crippen LogP contribution in [-0.2, 0) is 0 Å². The second-order valence-electron chi connectivity index (χ2n) is 7.87. The average Bonchev–Trinajstić information content (AvgIpc) is 2.76. The van der Waals surface area contributed by atoms with E-state index in [1.165, 1.54) is 19.3 Å². The van der Waals surface area contributed by atoms with Gasteiger partial charge in [0.15, 0.2) is 0 Å². The highest BCUT2D eigenvalue weighted by Gasteiger charge is 2.22. The summed E-state index contributed by atoms with van der Waals surface area (Å²) in [6.07, 6.45) is 12.0. The maximum atomic E-state index is 9.11. The Hall–Kier alpha value is -2.22. The summed E-state index contributed by atoms with van der Waals surface area (Å²) in [6.45, 7) is 4.20. The first-order chi connectivity index (χ1) is 14.5. The van der Waals surface area contributed by atoms with Gasteiger partial charge in [-0.1, -0.05) is 37.1 Å². The molecule has 2 N–H and O–H groups in total. The zero-order chi connectivity index (χ0) is 21.9. The van der Waals surface area contributed by atoms with Gasteiger partial charge < -0.3 is 5.73 Å². The molecule has 30 heavy (non-hydrogen) atoms. The van der Waals surface area contributed by atoms with Crippen LogP contribution >= 0.6 is 11.6 Å². The molecule has 1 aromatic carbocycles. The number of rotatable bonds is 6. The molecule has 1 saturated carbocycles. The summed E-state index contributed by atoms with van der Waals surface area (Å²) in [5.41, 5.74) is 10.4. The number of halogens is 1. The zero-order valence-corrected chi connectivity index (χ0v) is 19.1. The smallest absolute Gasteiger partial charge is 0.0991 e. The molecule has 3 rings (SSSR count). The third-order valence-corrected chi connectivity index (χ3v) is 6.27. The minimum atomic E-state index is 0.209. The number of allylic oxidation sites excluding steroid dienone is 3. The quantitative estimate of drug-likeness (QED) is 0.472. The molecule has 4 nitrogen and oxygen atoms in total. The third kappa shape index (κ3) is 6.39. The molecule has 0 saturated heterocycles. The molecule has 0 amide bonds. The average molecular weight is 425 g/mol. The standard InChI is InChI=1S/C18H18ClN3.C7H15N/c1-13(11-19)17(15-6-8-22-9-7-15)18(21-2)16-5-3-4-14(10-16)12-20;1-2-7(8)6-4-3-5-6/h3-6,8-10,15H,7,11H2,1-2H3;6-7H,2-5,8H2,1H3/b17-13+,21-18?;. The Bertz CT molecular complexity index is 853. The Balaban J connectivity index is 0.000000335. The van der Waals surface area contributed by atoms with Gasteiger partial charge in [0.25, 0.3) is 0 Å². The van der Waals surface area contributed by atoms with Crippen LogP contribution < -0.4 is 5.73 Å². The summed E-state index contributed by atoms with van der Waals surface area (Å²) in [6, 6.07) is 10.2. The Morgan fingerprint density at radius 3 is 2.63 bits per heavy atom. The lowest BCUT2D eigenvalue weighted by atomic mass is 9.79. The normalized spacial score (nSPS) is 20.4. The molecule has 160 valence electrons. The predicted molar refractivity (Wildman–Crippen MR) is 128 cm³/mol. The van der Waals surface area contributed by atoms with Crippen molar-refractivity contribution in [2.24, 2.45) is 27.6 Å². The molecule has 1 aliphatic heterocycles. The fourth-order valence-corrected chi connectivity index (χ4v) is 3.93. The van der Waals surface area contributed by atoms with Crippen LogP contribution in [0, 0.1) is 23.2 Å². The lowest BCUT2D eigenvalue weighted by Gasteiger charge is -2.30. The van der Waals surface area contributed by atoms with Crippen molar-refractivity contribution in [2.75, 3.05) is 12.9 Å². The summed E-state index contributed by atoms with van der Waals surface area (Å²) >= 11 is 6.09. The topological polar surface area (TPSA) is 74.5 Å². The molecular weight excluding hydrogens is 392 g/mol. The first-order valence-electron chi connectivity index (χ1n) is 10.7. The van der Waals surface area contributed by atoms with Gasteiger partial charge >= 0.3 is 0 Å². The molecule has 1 fully saturated rings. The van der Waals surface area contributed by atoms with E-state index in [4.69, 9.17) is 22.6 Å². The van der Waals surface area contributed by atoms with E-state index in [1.54, 1.807) is 13.1 Å². The molecule has 1 aromatic rings. The van der Waals surface area contributed by atoms with Crippen LogP contribution in [0.15, 0.2) is 57.7 Å². The van der Waals surface area contributed by atoms with E-state index in [-0.39, 0.29) is 5.92 Å². The summed E-state index contributed by atoms with van der Waals surface area (Å²) in [5.74, 6) is 1.54. The van der Waals surface area contributed by atoms with Gasteiger partial charge in [0, 0.05) is 42.9 Å². The minimum absolute atomic E-state index is 0.209. The number of alkyl halides is 1. The van der Waals surface area contributed by atoms with Crippen molar-refractivity contribution < 1.29 is 0 Å². The van der Waals surface area contributed by atoms with Gasteiger partial charge in [-0.2, -0.15) is 5.26 Å². The summed E-state index contributed by atoms with van der Waals surface area (Å²) < 4.78 is 0. The number of hydrogen-bond acceptors (Lipinski definition) is 4. The maximum Gasteiger partial charge on any atom is 0.0991 e. The van der Waals surface area contributed by atoms with Crippen LogP contribution in [0.4, 0.5) is 0 Å². The Morgan fingerprint density at radius 2 is 2.17 bits per heavy atom. The van der Waals surface area contributed by atoms with E-state index in [0.29, 0.717) is 17.5 Å². The molecule has 2 aliphatic rings. The molecule has 0 bridgehead atoms. The first kappa shape index (κ1) is 24.1. The van der Waals surface area contributed by atoms with Crippen molar-refractivity contribution in [1.82, 2.24) is 0 Å². The molecule has 2 atom stereocenters. The van der Waals surface area contributed by atoms with E-state index >= 15 is 0 Å². The lowest BCUT2D eigenvalue weighted by molar-refractivity contribution is 0.257. The highest BCUT2D eigenvalue weighted by Crippen LogP contribution is 2.29. The van der Waals surface area contributed by atoms with Crippen molar-refractivity contribution >= 4 is 23.5 Å². The fraction of sp³-hybridized carbons (Fsp3) is 0.480. The molecular formula is C25H33ClN4. The van der Waals surface area contributed by atoms with Crippen LogP contribution in [-0.4, -0.2) is 30.9 Å². The second kappa shape index (κ2) is 12.5. The lowest BCUT2D eigenvalue weighted by Crippen LogP contribution is -2.33. The van der Waals surface area contributed by atoms with Crippen molar-refractivity contribution in [3.8, 4) is 6.07 Å². The van der Waals surface area contributed by atoms with E-state index < -0.39 is 0 Å². The number of nitrogens with zero attached hydrogens (tertiary/aromatic N) is 3. The summed E-state index contributed by atoms with van der Waals surface area (Å²) in [7, 11) is 1.77. The highest BCUT2D eigenvalue weighted by molar-refractivity contribution is 6.21. The van der Waals surface area contributed by atoms with E-state index in [1.807, 2.05) is 37.5 Å². The number of nitriles is 1. The van der Waals surface area contributed by atoms with Crippen molar-refractivity contribution in [2.45, 2.75) is 52.0 Å². The number of aliphatic imine (C=N–C) groups is 2. The monoisotopic (exact) mass is 424 g/mol. The Kier molecular flexibility index (Phi) is 10.00. The zero-order valence-electron chi connectivity index (χ0n) is 18.3. The van der Waals surface area contributed by atoms with E-state index in [0.717, 1.165) is 41.2 Å². The van der Waals surface area contributed by atoms with Crippen LogP contribution in [0.3, 0.4) is 0 Å². The van der Waals surface area contributed by atoms with Crippen LogP contribution in [0.2, 0.25) is 0 Å². The molecule has 0 radical (unpaired) electrons. The van der Waals surface area contributed by atoms with Gasteiger partial charge in [0.2, 0.25) is 0 Å². The SMILES string of the molecule is CCC(N)C1CCC1.CN=C(/C(=C(\C)CCl)C1C=CN=CC1)c1cccc(C#N)c1. The van der Waals surface area contributed by atoms with Crippen molar-refractivity contribution in [3.05, 3.63) is 58.8 Å². The van der Waals surface area contributed by atoms with E-state index in [9.17, 15) is 0 Å². The molecule has 0 aromatic heterocycles. The van der Waals surface area contributed by atoms with Gasteiger partial charge in [-0.3, -0.25) is 9.98 Å². The van der Waals surface area contributed by atoms with Crippen LogP contribution in [0.25, 0.3) is 0 Å². The van der Waals surface area contributed by atoms with Crippen molar-refractivity contribution in [3.63, 3.8) is 0 Å². The van der Waals surface area contributed by atoms with Gasteiger partial charge in [-0.05, 0) is 56.2 Å². The van der Waals surface area contributed by atoms with Gasteiger partial charge in [0.1, 0.15) is 0 Å². The fourth-order valence-electron chi connectivity index (χ4n) is 3.79. The van der Waals surface area contributed by atoms with Gasteiger partial charge in [-0.25, -0.2) is 0 Å². The second-order valence-corrected chi connectivity index (χ2v) is 8.14. The minimum Gasteiger partial charge on any atom is -0.327 e. The summed E-state index contributed by atoms with van der Waals surface area (Å²) in [5, 5.41) is 9.11. The third-order valence-electron chi connectivity index (χ3n) is 5.87. The Morgan fingerprint density at radius 1 is 1.40 bits per heavy atom. The molecule has 5 heteroatoms. The Labute approximate surface area is 186 Å². The van der Waals surface area contributed by atoms with Gasteiger partial charge in [0.05, 0.1) is 17.3 Å². The van der Waals surface area contributed by atoms with Crippen LogP contribution in [0.1, 0.15) is 57.1 Å². The van der Waals surface area contributed by atoms with Gasteiger partial charge in [-0.15, -0.1) is 11.6 Å². The molecule has 0 spiro atoms.